The molecule has 342 valence electrons. The Kier molecular flexibility index (Phi) is 12.1. The molecule has 0 aromatic rings. The van der Waals surface area contributed by atoms with Gasteiger partial charge in [-0.25, -0.2) is 0 Å². The molecular weight excluding hydrogens is 788 g/mol. The highest BCUT2D eigenvalue weighted by Gasteiger charge is 2.70. The molecule has 1 spiro atoms. The average molecular weight is 857 g/mol. The van der Waals surface area contributed by atoms with E-state index in [4.69, 9.17) is 37.9 Å². The molecule has 60 heavy (non-hydrogen) atoms. The second-order valence-corrected chi connectivity index (χ2v) is 20.6. The molecule has 5 saturated heterocycles. The van der Waals surface area contributed by atoms with Crippen LogP contribution < -0.4 is 0 Å². The van der Waals surface area contributed by atoms with E-state index in [1.807, 2.05) is 0 Å². The van der Waals surface area contributed by atoms with Gasteiger partial charge in [-0.05, 0) is 85.4 Å². The Morgan fingerprint density at radius 1 is 0.700 bits per heavy atom. The van der Waals surface area contributed by atoms with Crippen molar-refractivity contribution < 1.29 is 83.5 Å². The van der Waals surface area contributed by atoms with Crippen molar-refractivity contribution in [1.82, 2.24) is 0 Å². The van der Waals surface area contributed by atoms with Crippen LogP contribution in [0.15, 0.2) is 0 Å². The predicted octanol–water partition coefficient (Wildman–Crippen LogP) is -0.276. The molecule has 9 rings (SSSR count). The van der Waals surface area contributed by atoms with Gasteiger partial charge in [0, 0.05) is 24.7 Å². The molecule has 0 radical (unpaired) electrons. The molecule has 4 saturated carbocycles. The molecule has 0 amide bonds. The van der Waals surface area contributed by atoms with Crippen molar-refractivity contribution in [2.45, 2.75) is 183 Å². The van der Waals surface area contributed by atoms with Crippen LogP contribution in [0.2, 0.25) is 0 Å². The van der Waals surface area contributed by atoms with Crippen molar-refractivity contribution in [3.63, 3.8) is 0 Å². The van der Waals surface area contributed by atoms with E-state index in [0.717, 1.165) is 45.1 Å². The maximum Gasteiger partial charge on any atom is 0.186 e. The maximum atomic E-state index is 14.4. The molecule has 5 aliphatic heterocycles. The Bertz CT molecular complexity index is 1550. The summed E-state index contributed by atoms with van der Waals surface area (Å²) >= 11 is 0. The summed E-state index contributed by atoms with van der Waals surface area (Å²) in [5, 5.41) is 84.3. The lowest BCUT2D eigenvalue weighted by molar-refractivity contribution is -0.361. The van der Waals surface area contributed by atoms with Gasteiger partial charge in [-0.2, -0.15) is 0 Å². The van der Waals surface area contributed by atoms with Crippen LogP contribution in [0.5, 0.6) is 0 Å². The van der Waals surface area contributed by atoms with Gasteiger partial charge in [0.05, 0.1) is 38.6 Å². The van der Waals surface area contributed by atoms with E-state index >= 15 is 0 Å². The Labute approximate surface area is 350 Å². The van der Waals surface area contributed by atoms with Crippen molar-refractivity contribution >= 4 is 5.78 Å². The van der Waals surface area contributed by atoms with Crippen molar-refractivity contribution in [3.05, 3.63) is 0 Å². The van der Waals surface area contributed by atoms with Crippen LogP contribution in [0, 0.1) is 52.3 Å². The van der Waals surface area contributed by atoms with E-state index in [0.29, 0.717) is 48.9 Å². The van der Waals surface area contributed by atoms with Gasteiger partial charge in [0.1, 0.15) is 66.8 Å². The summed E-state index contributed by atoms with van der Waals surface area (Å²) in [5.41, 5.74) is -0.152. The molecule has 0 bridgehead atoms. The zero-order valence-electron chi connectivity index (χ0n) is 35.1. The molecule has 9 fully saturated rings. The number of ketones is 1. The van der Waals surface area contributed by atoms with Gasteiger partial charge in [0.25, 0.3) is 0 Å². The zero-order valence-corrected chi connectivity index (χ0v) is 35.1. The summed E-state index contributed by atoms with van der Waals surface area (Å²) in [6, 6.07) is 0. The van der Waals surface area contributed by atoms with E-state index in [2.05, 4.69) is 27.7 Å². The Morgan fingerprint density at radius 2 is 1.37 bits per heavy atom. The number of ether oxygens (including phenoxy) is 8. The SMILES string of the molecule is CC1C2C(CC3C4CC(=O)[C@H]5C[C@@H](O[C@@H]6O[C@H](CO[C@@H]7OC[C@@H](O)C(O)[C@@H]7O)[C@@H](O[C@@H]7OC[C@@H](O)[C@H](O)[C@H]7O)[C@H](O)[C@H]6O)CC[C@]5(C)C4CC[C@@]32C)O[C@]12CC[C@@H](C)CO2. The number of hydrogen-bond donors (Lipinski definition) is 8. The van der Waals surface area contributed by atoms with Crippen molar-refractivity contribution in [3.8, 4) is 0 Å². The van der Waals surface area contributed by atoms with Crippen molar-refractivity contribution in [1.29, 1.82) is 0 Å². The van der Waals surface area contributed by atoms with Gasteiger partial charge < -0.3 is 78.7 Å². The lowest BCUT2D eigenvalue weighted by Crippen LogP contribution is -2.64. The molecule has 17 heteroatoms. The minimum atomic E-state index is -1.71. The van der Waals surface area contributed by atoms with Crippen molar-refractivity contribution in [2.24, 2.45) is 52.3 Å². The summed E-state index contributed by atoms with van der Waals surface area (Å²) < 4.78 is 48.5. The first-order chi connectivity index (χ1) is 28.5. The number of carbonyl (C=O) groups is 1. The summed E-state index contributed by atoms with van der Waals surface area (Å²) in [6.45, 7) is 8.90. The number of fused-ring (bicyclic) bond motifs is 7. The lowest BCUT2D eigenvalue weighted by Gasteiger charge is -2.60. The zero-order chi connectivity index (χ0) is 42.6. The fraction of sp³-hybridized carbons (Fsp3) is 0.977. The topological polar surface area (TPSA) is 253 Å². The van der Waals surface area contributed by atoms with Gasteiger partial charge in [-0.3, -0.25) is 4.79 Å². The van der Waals surface area contributed by atoms with E-state index in [1.54, 1.807) is 0 Å². The fourth-order valence-electron chi connectivity index (χ4n) is 13.8. The molecular formula is C43H68O17. The third kappa shape index (κ3) is 7.26. The minimum Gasteiger partial charge on any atom is -0.388 e. The number of rotatable bonds is 7. The highest BCUT2D eigenvalue weighted by atomic mass is 16.8. The number of aliphatic hydroxyl groups is 8. The van der Waals surface area contributed by atoms with E-state index < -0.39 is 98.4 Å². The number of aliphatic hydroxyl groups excluding tert-OH is 8. The van der Waals surface area contributed by atoms with E-state index in [-0.39, 0.29) is 47.8 Å². The molecule has 8 N–H and O–H groups in total. The van der Waals surface area contributed by atoms with Crippen LogP contribution in [-0.2, 0) is 42.7 Å². The number of carbonyl (C=O) groups excluding carboxylic acids is 1. The van der Waals surface area contributed by atoms with Crippen LogP contribution in [0.1, 0.15) is 85.5 Å². The Morgan fingerprint density at radius 3 is 2.07 bits per heavy atom. The normalized spacial score (nSPS) is 58.0. The van der Waals surface area contributed by atoms with Gasteiger partial charge in [-0.15, -0.1) is 0 Å². The molecule has 5 heterocycles. The van der Waals surface area contributed by atoms with Gasteiger partial charge in [-0.1, -0.05) is 27.7 Å². The molecule has 0 aromatic heterocycles. The van der Waals surface area contributed by atoms with Crippen LogP contribution in [-0.4, -0.2) is 171 Å². The Balaban J connectivity index is 0.871. The Hall–Kier alpha value is -0.970. The molecule has 4 aliphatic carbocycles. The van der Waals surface area contributed by atoms with Gasteiger partial charge in [0.2, 0.25) is 0 Å². The van der Waals surface area contributed by atoms with Gasteiger partial charge in [0.15, 0.2) is 24.7 Å². The monoisotopic (exact) mass is 856 g/mol. The minimum absolute atomic E-state index is 0.0760. The van der Waals surface area contributed by atoms with E-state index in [1.165, 1.54) is 0 Å². The second kappa shape index (κ2) is 16.5. The third-order valence-electron chi connectivity index (χ3n) is 17.3. The summed E-state index contributed by atoms with van der Waals surface area (Å²) in [7, 11) is 0. The summed E-state index contributed by atoms with van der Waals surface area (Å²) in [6.07, 6.45) is -12.5. The molecule has 25 atom stereocenters. The maximum absolute atomic E-state index is 14.4. The first-order valence-corrected chi connectivity index (χ1v) is 22.6. The van der Waals surface area contributed by atoms with Gasteiger partial charge >= 0.3 is 0 Å². The highest BCUT2D eigenvalue weighted by molar-refractivity contribution is 5.83. The van der Waals surface area contributed by atoms with Crippen molar-refractivity contribution in [2.75, 3.05) is 26.4 Å². The fourth-order valence-corrected chi connectivity index (χ4v) is 13.8. The van der Waals surface area contributed by atoms with Crippen LogP contribution >= 0.6 is 0 Å². The predicted molar refractivity (Wildman–Crippen MR) is 204 cm³/mol. The number of hydrogen-bond acceptors (Lipinski definition) is 17. The molecule has 17 nitrogen and oxygen atoms in total. The summed E-state index contributed by atoms with van der Waals surface area (Å²) in [5.74, 6) is 1.79. The largest absolute Gasteiger partial charge is 0.388 e. The third-order valence-corrected chi connectivity index (χ3v) is 17.3. The molecule has 0 aromatic carbocycles. The van der Waals surface area contributed by atoms with Crippen LogP contribution in [0.25, 0.3) is 0 Å². The first kappa shape index (κ1) is 44.2. The number of Topliss-reactive ketones (excluding diaryl/α,β-unsaturated/α-hetero) is 1. The average Bonchev–Trinajstić information content (AvgIpc) is 3.67. The van der Waals surface area contributed by atoms with Crippen LogP contribution in [0.3, 0.4) is 0 Å². The van der Waals surface area contributed by atoms with E-state index in [9.17, 15) is 45.6 Å². The first-order valence-electron chi connectivity index (χ1n) is 22.6. The smallest absolute Gasteiger partial charge is 0.186 e. The summed E-state index contributed by atoms with van der Waals surface area (Å²) in [4.78, 5) is 14.4. The lowest BCUT2D eigenvalue weighted by atomic mass is 9.44. The highest BCUT2D eigenvalue weighted by Crippen LogP contribution is 2.71. The van der Waals surface area contributed by atoms with Crippen LogP contribution in [0.4, 0.5) is 0 Å². The molecule has 7 unspecified atom stereocenters. The molecule has 9 aliphatic rings. The standard InChI is InChI=1S/C43H68O17/c1-18-5-10-43(56-14-18)19(2)30-28(60-43)13-23-21-12-25(44)24-11-20(6-8-41(24,3)22(21)7-9-42(23,30)4)57-40-36(52)33(49)37(59-39-35(51)32(48)27(46)16-54-39)29(58-40)17-55-38-34(50)31(47)26(45)15-53-38/h18-24,26-40,45-52H,5-17H2,1-4H3/t18-,19?,20+,21?,22?,23?,24-,26-,27-,28?,29-,30?,31?,32+,33-,34+,35-,36-,37-,38+,39+,40-,41-,42+,43-/m1/s1. The quantitative estimate of drug-likeness (QED) is 0.153. The second-order valence-electron chi connectivity index (χ2n) is 20.6.